The number of ether oxygens (including phenoxy) is 2. The van der Waals surface area contributed by atoms with Gasteiger partial charge in [0.25, 0.3) is 0 Å². The maximum Gasteiger partial charge on any atom is 0.241 e. The quantitative estimate of drug-likeness (QED) is 0.187. The van der Waals surface area contributed by atoms with E-state index in [1.807, 2.05) is 12.1 Å². The third kappa shape index (κ3) is 3.82. The molecule has 3 atom stereocenters. The molecule has 0 bridgehead atoms. The molecule has 41 heavy (non-hydrogen) atoms. The summed E-state index contributed by atoms with van der Waals surface area (Å²) < 4.78 is 13.1. The van der Waals surface area contributed by atoms with Crippen molar-refractivity contribution in [2.75, 3.05) is 4.90 Å². The van der Waals surface area contributed by atoms with E-state index in [0.29, 0.717) is 27.8 Å². The van der Waals surface area contributed by atoms with Crippen LogP contribution in [0.4, 0.5) is 5.69 Å². The van der Waals surface area contributed by atoms with Gasteiger partial charge in [-0.15, -0.1) is 0 Å². The van der Waals surface area contributed by atoms with Crippen LogP contribution in [0.5, 0.6) is 11.5 Å². The smallest absolute Gasteiger partial charge is 0.241 e. The first kappa shape index (κ1) is 25.8. The molecule has 2 aliphatic heterocycles. The highest BCUT2D eigenvalue weighted by molar-refractivity contribution is 9.10. The van der Waals surface area contributed by atoms with Crippen LogP contribution in [0.15, 0.2) is 102 Å². The number of Topliss-reactive ketones (excluding diaryl/α,β-unsaturated/α-hetero) is 2. The van der Waals surface area contributed by atoms with Gasteiger partial charge in [0.05, 0.1) is 23.6 Å². The van der Waals surface area contributed by atoms with Crippen LogP contribution < -0.4 is 9.64 Å². The molecule has 0 N–H and O–H groups in total. The standard InChI is InChI=1S/C32H19BrClNO6/c33-18-7-13-21(14-8-18)40-22-15-11-20(12-16-22)35-30(38)25-26(31(35)39)32(41-27(25)17-5-9-19(34)10-6-17)28(36)23-3-1-2-4-24(23)29(32)37/h1-16,25-27H/t25-,26-,27-/m0/s1. The molecule has 2 saturated heterocycles. The number of ketones is 2. The highest BCUT2D eigenvalue weighted by Gasteiger charge is 2.74. The fourth-order valence-electron chi connectivity index (χ4n) is 6.03. The van der Waals surface area contributed by atoms with Crippen LogP contribution in [-0.4, -0.2) is 29.0 Å². The number of nitrogens with zero attached hydrogens (tertiary/aromatic N) is 1. The van der Waals surface area contributed by atoms with E-state index in [4.69, 9.17) is 21.1 Å². The number of hydrogen-bond donors (Lipinski definition) is 0. The van der Waals surface area contributed by atoms with Crippen LogP contribution in [0, 0.1) is 11.8 Å². The molecule has 4 aromatic rings. The number of halogens is 2. The van der Waals surface area contributed by atoms with Crippen LogP contribution in [0.2, 0.25) is 5.02 Å². The number of anilines is 1. The maximum absolute atomic E-state index is 14.1. The van der Waals surface area contributed by atoms with Crippen molar-refractivity contribution < 1.29 is 28.7 Å². The van der Waals surface area contributed by atoms with Gasteiger partial charge in [-0.1, -0.05) is 63.9 Å². The second-order valence-electron chi connectivity index (χ2n) is 10.1. The first-order valence-corrected chi connectivity index (χ1v) is 14.0. The Kier molecular flexibility index (Phi) is 5.97. The van der Waals surface area contributed by atoms with Crippen LogP contribution in [0.25, 0.3) is 0 Å². The number of carbonyl (C=O) groups excluding carboxylic acids is 4. The zero-order valence-electron chi connectivity index (χ0n) is 21.1. The molecule has 0 radical (unpaired) electrons. The Morgan fingerprint density at radius 3 is 1.88 bits per heavy atom. The molecule has 2 fully saturated rings. The number of imide groups is 1. The molecule has 2 heterocycles. The van der Waals surface area contributed by atoms with Crippen molar-refractivity contribution >= 4 is 56.6 Å². The normalized spacial score (nSPS) is 22.4. The lowest BCUT2D eigenvalue weighted by atomic mass is 9.77. The van der Waals surface area contributed by atoms with Crippen molar-refractivity contribution in [3.8, 4) is 11.5 Å². The van der Waals surface area contributed by atoms with Gasteiger partial charge in [-0.2, -0.15) is 0 Å². The van der Waals surface area contributed by atoms with Crippen LogP contribution >= 0.6 is 27.5 Å². The van der Waals surface area contributed by atoms with Gasteiger partial charge in [0.1, 0.15) is 11.5 Å². The average Bonchev–Trinajstić information content (AvgIpc) is 3.55. The maximum atomic E-state index is 14.1. The third-order valence-electron chi connectivity index (χ3n) is 7.86. The van der Waals surface area contributed by atoms with E-state index >= 15 is 0 Å². The molecule has 0 aromatic heterocycles. The first-order valence-electron chi connectivity index (χ1n) is 12.8. The Morgan fingerprint density at radius 1 is 0.732 bits per heavy atom. The molecule has 202 valence electrons. The van der Waals surface area contributed by atoms with Gasteiger partial charge in [-0.25, -0.2) is 4.90 Å². The molecule has 0 saturated carbocycles. The minimum absolute atomic E-state index is 0.182. The molecule has 4 aromatic carbocycles. The molecule has 3 aliphatic rings. The van der Waals surface area contributed by atoms with Crippen molar-refractivity contribution in [1.82, 2.24) is 0 Å². The Bertz CT molecular complexity index is 1720. The molecular weight excluding hydrogens is 610 g/mol. The monoisotopic (exact) mass is 627 g/mol. The average molecular weight is 629 g/mol. The van der Waals surface area contributed by atoms with Crippen LogP contribution in [0.1, 0.15) is 32.4 Å². The summed E-state index contributed by atoms with van der Waals surface area (Å²) in [5, 5.41) is 0.472. The molecule has 1 aliphatic carbocycles. The highest BCUT2D eigenvalue weighted by Crippen LogP contribution is 2.57. The van der Waals surface area contributed by atoms with E-state index < -0.39 is 46.9 Å². The summed E-state index contributed by atoms with van der Waals surface area (Å²) in [4.78, 5) is 56.9. The van der Waals surface area contributed by atoms with Crippen molar-refractivity contribution in [1.29, 1.82) is 0 Å². The van der Waals surface area contributed by atoms with E-state index in [9.17, 15) is 19.2 Å². The summed E-state index contributed by atoms with van der Waals surface area (Å²) >= 11 is 9.48. The van der Waals surface area contributed by atoms with Crippen molar-refractivity contribution in [2.45, 2.75) is 11.7 Å². The molecule has 7 nitrogen and oxygen atoms in total. The number of fused-ring (bicyclic) bond motifs is 3. The zero-order chi connectivity index (χ0) is 28.5. The number of rotatable bonds is 4. The topological polar surface area (TPSA) is 90.0 Å². The summed E-state index contributed by atoms with van der Waals surface area (Å²) in [5.41, 5.74) is -0.926. The third-order valence-corrected chi connectivity index (χ3v) is 8.64. The minimum Gasteiger partial charge on any atom is -0.457 e. The predicted molar refractivity (Wildman–Crippen MR) is 153 cm³/mol. The second-order valence-corrected chi connectivity index (χ2v) is 11.4. The zero-order valence-corrected chi connectivity index (χ0v) is 23.5. The van der Waals surface area contributed by atoms with Gasteiger partial charge in [0.15, 0.2) is 0 Å². The second kappa shape index (κ2) is 9.48. The lowest BCUT2D eigenvalue weighted by Crippen LogP contribution is -2.51. The van der Waals surface area contributed by atoms with Gasteiger partial charge in [0.2, 0.25) is 29.0 Å². The van der Waals surface area contributed by atoms with Gasteiger partial charge in [-0.05, 0) is 66.2 Å². The molecular formula is C32H19BrClNO6. The largest absolute Gasteiger partial charge is 0.457 e. The first-order chi connectivity index (χ1) is 19.8. The number of amides is 2. The van der Waals surface area contributed by atoms with Gasteiger partial charge < -0.3 is 9.47 Å². The summed E-state index contributed by atoms with van der Waals surface area (Å²) in [6.07, 6.45) is -1.01. The van der Waals surface area contributed by atoms with Crippen molar-refractivity contribution in [2.24, 2.45) is 11.8 Å². The van der Waals surface area contributed by atoms with Crippen molar-refractivity contribution in [3.05, 3.63) is 123 Å². The summed E-state index contributed by atoms with van der Waals surface area (Å²) in [7, 11) is 0. The summed E-state index contributed by atoms with van der Waals surface area (Å²) in [6.45, 7) is 0. The summed E-state index contributed by atoms with van der Waals surface area (Å²) in [5.74, 6) is -3.72. The Hall–Kier alpha value is -4.11. The fraction of sp³-hybridized carbons (Fsp3) is 0.125. The Labute approximate surface area is 247 Å². The lowest BCUT2D eigenvalue weighted by molar-refractivity contribution is -0.127. The number of carbonyl (C=O) groups is 4. The Morgan fingerprint density at radius 2 is 1.29 bits per heavy atom. The van der Waals surface area contributed by atoms with Gasteiger partial charge >= 0.3 is 0 Å². The SMILES string of the molecule is O=C1[C@H]2[C@@H](C(=O)N1c1ccc(Oc3ccc(Br)cc3)cc1)C1(O[C@H]2c2ccc(Cl)cc2)C(=O)c2ccccc2C1=O. The van der Waals surface area contributed by atoms with Gasteiger partial charge in [-0.3, -0.25) is 19.2 Å². The molecule has 7 rings (SSSR count). The molecule has 1 spiro atoms. The van der Waals surface area contributed by atoms with Gasteiger partial charge in [0, 0.05) is 20.6 Å². The predicted octanol–water partition coefficient (Wildman–Crippen LogP) is 6.59. The Balaban J connectivity index is 1.28. The fourth-order valence-corrected chi connectivity index (χ4v) is 6.42. The van der Waals surface area contributed by atoms with E-state index in [2.05, 4.69) is 15.9 Å². The molecule has 9 heteroatoms. The molecule has 2 amide bonds. The van der Waals surface area contributed by atoms with Crippen LogP contribution in [0.3, 0.4) is 0 Å². The van der Waals surface area contributed by atoms with E-state index in [1.165, 1.54) is 0 Å². The minimum atomic E-state index is -2.13. The number of hydrogen-bond acceptors (Lipinski definition) is 6. The molecule has 0 unspecified atom stereocenters. The number of benzene rings is 4. The lowest BCUT2D eigenvalue weighted by Gasteiger charge is -2.27. The van der Waals surface area contributed by atoms with E-state index in [-0.39, 0.29) is 11.1 Å². The highest BCUT2D eigenvalue weighted by atomic mass is 79.9. The van der Waals surface area contributed by atoms with E-state index in [1.54, 1.807) is 84.9 Å². The summed E-state index contributed by atoms with van der Waals surface area (Å²) in [6, 6.07) is 26.8. The van der Waals surface area contributed by atoms with E-state index in [0.717, 1.165) is 9.37 Å². The van der Waals surface area contributed by atoms with Crippen LogP contribution in [-0.2, 0) is 14.3 Å². The van der Waals surface area contributed by atoms with Crippen molar-refractivity contribution in [3.63, 3.8) is 0 Å².